The smallest absolute Gasteiger partial charge is 0.192 e. The van der Waals surface area contributed by atoms with E-state index < -0.39 is 11.8 Å². The van der Waals surface area contributed by atoms with E-state index in [9.17, 15) is 4.79 Å². The normalized spacial score (nSPS) is 13.8. The molecule has 1 aromatic rings. The lowest BCUT2D eigenvalue weighted by molar-refractivity contribution is -0.138. The van der Waals surface area contributed by atoms with Crippen molar-refractivity contribution in [1.29, 1.82) is 0 Å². The van der Waals surface area contributed by atoms with Crippen molar-refractivity contribution in [2.24, 2.45) is 5.73 Å². The first-order chi connectivity index (χ1) is 7.39. The van der Waals surface area contributed by atoms with Crippen molar-refractivity contribution in [1.82, 2.24) is 9.55 Å². The molecule has 5 heteroatoms. The molecule has 0 amide bonds. The molecule has 0 spiro atoms. The number of aryl methyl sites for hydroxylation is 1. The largest absolute Gasteiger partial charge is 0.345 e. The summed E-state index contributed by atoms with van der Waals surface area (Å²) in [4.78, 5) is 15.2. The van der Waals surface area contributed by atoms with Gasteiger partial charge < -0.3 is 15.0 Å². The summed E-state index contributed by atoms with van der Waals surface area (Å²) in [5.41, 5.74) is 6.87. The highest BCUT2D eigenvalue weighted by atomic mass is 16.5. The molecule has 0 saturated heterocycles. The van der Waals surface area contributed by atoms with E-state index in [0.717, 1.165) is 17.7 Å². The number of hydrogen-bond acceptors (Lipinski definition) is 4. The van der Waals surface area contributed by atoms with Gasteiger partial charge in [-0.1, -0.05) is 0 Å². The van der Waals surface area contributed by atoms with E-state index in [4.69, 9.17) is 10.5 Å². The number of rotatable bonds is 4. The quantitative estimate of drug-likeness (QED) is 0.781. The van der Waals surface area contributed by atoms with Crippen LogP contribution in [0.5, 0.6) is 0 Å². The summed E-state index contributed by atoms with van der Waals surface area (Å²) in [5, 5.41) is 0. The fourth-order valence-electron chi connectivity index (χ4n) is 1.46. The van der Waals surface area contributed by atoms with E-state index in [0.29, 0.717) is 6.54 Å². The van der Waals surface area contributed by atoms with Crippen LogP contribution in [0.25, 0.3) is 0 Å². The number of carbonyl (C=O) groups excluding carboxylic acids is 1. The van der Waals surface area contributed by atoms with Crippen LogP contribution < -0.4 is 5.73 Å². The fourth-order valence-corrected chi connectivity index (χ4v) is 1.46. The minimum atomic E-state index is -0.667. The van der Waals surface area contributed by atoms with E-state index >= 15 is 0 Å². The summed E-state index contributed by atoms with van der Waals surface area (Å²) in [6.07, 6.45) is 1.67. The Morgan fingerprint density at radius 3 is 2.69 bits per heavy atom. The summed E-state index contributed by atoms with van der Waals surface area (Å²) < 4.78 is 7.30. The zero-order valence-corrected chi connectivity index (χ0v) is 10.2. The fraction of sp³-hybridized carbons (Fsp3) is 0.636. The molecule has 0 fully saturated rings. The third-order valence-electron chi connectivity index (χ3n) is 2.16. The third kappa shape index (κ3) is 2.90. The van der Waals surface area contributed by atoms with Crippen molar-refractivity contribution >= 4 is 6.29 Å². The Bertz CT molecular complexity index is 366. The molecule has 0 aliphatic rings. The van der Waals surface area contributed by atoms with Crippen LogP contribution in [0.4, 0.5) is 0 Å². The maximum Gasteiger partial charge on any atom is 0.192 e. The van der Waals surface area contributed by atoms with Gasteiger partial charge in [0.05, 0.1) is 23.3 Å². The van der Waals surface area contributed by atoms with Crippen molar-refractivity contribution < 1.29 is 9.53 Å². The number of imidazole rings is 1. The second kappa shape index (κ2) is 4.76. The maximum atomic E-state index is 11.0. The Labute approximate surface area is 95.6 Å². The van der Waals surface area contributed by atoms with Crippen LogP contribution >= 0.6 is 0 Å². The van der Waals surface area contributed by atoms with Crippen molar-refractivity contribution in [3.8, 4) is 0 Å². The summed E-state index contributed by atoms with van der Waals surface area (Å²) in [6, 6.07) is 0. The van der Waals surface area contributed by atoms with Gasteiger partial charge in [0.2, 0.25) is 0 Å². The van der Waals surface area contributed by atoms with Crippen LogP contribution in [0.2, 0.25) is 0 Å². The molecule has 0 aliphatic carbocycles. The van der Waals surface area contributed by atoms with Crippen LogP contribution in [0.15, 0.2) is 6.33 Å². The molecule has 1 aromatic heterocycles. The van der Waals surface area contributed by atoms with Crippen LogP contribution in [0.3, 0.4) is 0 Å². The summed E-state index contributed by atoms with van der Waals surface area (Å²) in [7, 11) is 0. The van der Waals surface area contributed by atoms with Gasteiger partial charge in [0.1, 0.15) is 0 Å². The predicted octanol–water partition coefficient (Wildman–Crippen LogP) is 1.16. The number of ether oxygens (including phenoxy) is 1. The molecule has 5 nitrogen and oxygen atoms in total. The average Bonchev–Trinajstić information content (AvgIpc) is 2.54. The van der Waals surface area contributed by atoms with Gasteiger partial charge in [0, 0.05) is 6.54 Å². The van der Waals surface area contributed by atoms with Gasteiger partial charge in [0.25, 0.3) is 0 Å². The van der Waals surface area contributed by atoms with Crippen molar-refractivity contribution in [2.45, 2.75) is 46.1 Å². The van der Waals surface area contributed by atoms with E-state index in [1.165, 1.54) is 0 Å². The molecule has 1 heterocycles. The Hall–Kier alpha value is -1.20. The monoisotopic (exact) mass is 225 g/mol. The van der Waals surface area contributed by atoms with Crippen LogP contribution in [0.1, 0.15) is 38.4 Å². The van der Waals surface area contributed by atoms with E-state index in [2.05, 4.69) is 4.98 Å². The highest BCUT2D eigenvalue weighted by Crippen LogP contribution is 2.19. The Balaban J connectivity index is 2.99. The first-order valence-corrected chi connectivity index (χ1v) is 5.24. The SMILES string of the molecule is Cc1ncn(C(C=O)OC(C)(C)C)c1CN. The lowest BCUT2D eigenvalue weighted by Gasteiger charge is -2.25. The van der Waals surface area contributed by atoms with Gasteiger partial charge >= 0.3 is 0 Å². The third-order valence-corrected chi connectivity index (χ3v) is 2.16. The molecule has 0 aliphatic heterocycles. The van der Waals surface area contributed by atoms with Crippen LogP contribution in [0, 0.1) is 6.92 Å². The topological polar surface area (TPSA) is 70.1 Å². The minimum absolute atomic E-state index is 0.337. The molecule has 1 atom stereocenters. The van der Waals surface area contributed by atoms with E-state index in [1.54, 1.807) is 10.9 Å². The molecule has 0 radical (unpaired) electrons. The second-order valence-corrected chi connectivity index (χ2v) is 4.64. The molecule has 0 aromatic carbocycles. The standard InChI is InChI=1S/C11H19N3O2/c1-8-9(5-12)14(7-13-8)10(6-15)16-11(2,3)4/h6-7,10H,5,12H2,1-4H3. The van der Waals surface area contributed by atoms with Gasteiger partial charge in [-0.05, 0) is 27.7 Å². The van der Waals surface area contributed by atoms with Gasteiger partial charge in [0.15, 0.2) is 12.5 Å². The zero-order valence-electron chi connectivity index (χ0n) is 10.2. The molecule has 90 valence electrons. The van der Waals surface area contributed by atoms with Gasteiger partial charge in [-0.25, -0.2) is 4.98 Å². The Morgan fingerprint density at radius 1 is 1.62 bits per heavy atom. The molecule has 1 rings (SSSR count). The van der Waals surface area contributed by atoms with E-state index in [1.807, 2.05) is 27.7 Å². The Morgan fingerprint density at radius 2 is 2.25 bits per heavy atom. The maximum absolute atomic E-state index is 11.0. The van der Waals surface area contributed by atoms with Crippen molar-refractivity contribution in [2.75, 3.05) is 0 Å². The second-order valence-electron chi connectivity index (χ2n) is 4.64. The van der Waals surface area contributed by atoms with Crippen LogP contribution in [-0.2, 0) is 16.1 Å². The summed E-state index contributed by atoms with van der Waals surface area (Å²) in [5.74, 6) is 0. The predicted molar refractivity (Wildman–Crippen MR) is 60.8 cm³/mol. The summed E-state index contributed by atoms with van der Waals surface area (Å²) in [6.45, 7) is 7.89. The van der Waals surface area contributed by atoms with Crippen molar-refractivity contribution in [3.05, 3.63) is 17.7 Å². The lowest BCUT2D eigenvalue weighted by Crippen LogP contribution is -2.28. The molecular formula is C11H19N3O2. The number of aldehydes is 1. The number of nitrogens with zero attached hydrogens (tertiary/aromatic N) is 2. The molecule has 1 unspecified atom stereocenters. The Kier molecular flexibility index (Phi) is 3.83. The highest BCUT2D eigenvalue weighted by molar-refractivity contribution is 5.54. The molecule has 2 N–H and O–H groups in total. The van der Waals surface area contributed by atoms with Crippen LogP contribution in [-0.4, -0.2) is 21.4 Å². The van der Waals surface area contributed by atoms with Gasteiger partial charge in [-0.3, -0.25) is 4.79 Å². The number of aromatic nitrogens is 2. The molecular weight excluding hydrogens is 206 g/mol. The first-order valence-electron chi connectivity index (χ1n) is 5.24. The number of nitrogens with two attached hydrogens (primary N) is 1. The number of carbonyl (C=O) groups is 1. The zero-order chi connectivity index (χ0) is 12.3. The number of hydrogen-bond donors (Lipinski definition) is 1. The summed E-state index contributed by atoms with van der Waals surface area (Å²) >= 11 is 0. The van der Waals surface area contributed by atoms with E-state index in [-0.39, 0.29) is 0 Å². The first kappa shape index (κ1) is 12.9. The van der Waals surface area contributed by atoms with Gasteiger partial charge in [-0.2, -0.15) is 0 Å². The van der Waals surface area contributed by atoms with Crippen molar-refractivity contribution in [3.63, 3.8) is 0 Å². The molecule has 16 heavy (non-hydrogen) atoms. The minimum Gasteiger partial charge on any atom is -0.345 e. The van der Waals surface area contributed by atoms with Gasteiger partial charge in [-0.15, -0.1) is 0 Å². The molecule has 0 saturated carbocycles. The molecule has 0 bridgehead atoms. The highest BCUT2D eigenvalue weighted by Gasteiger charge is 2.21. The average molecular weight is 225 g/mol. The lowest BCUT2D eigenvalue weighted by atomic mass is 10.2.